The molecule has 5 nitrogen and oxygen atoms in total. The molecule has 0 spiro atoms. The number of benzene rings is 4. The van der Waals surface area contributed by atoms with Crippen LogP contribution < -0.4 is 0 Å². The van der Waals surface area contributed by atoms with Crippen molar-refractivity contribution in [3.63, 3.8) is 0 Å². The fourth-order valence-electron chi connectivity index (χ4n) is 5.06. The Morgan fingerprint density at radius 3 is 1.76 bits per heavy atom. The van der Waals surface area contributed by atoms with Gasteiger partial charge >= 0.3 is 0 Å². The molecule has 0 aliphatic carbocycles. The van der Waals surface area contributed by atoms with Crippen LogP contribution in [0.15, 0.2) is 118 Å². The summed E-state index contributed by atoms with van der Waals surface area (Å²) in [6.07, 6.45) is -1.75. The van der Waals surface area contributed by atoms with Crippen molar-refractivity contribution in [3.8, 4) is 0 Å². The summed E-state index contributed by atoms with van der Waals surface area (Å²) in [5.74, 6) is 0. The lowest BCUT2D eigenvalue weighted by atomic mass is 9.94. The van der Waals surface area contributed by atoms with Gasteiger partial charge in [-0.05, 0) is 47.4 Å². The van der Waals surface area contributed by atoms with Crippen LogP contribution in [-0.4, -0.2) is 37.1 Å². The van der Waals surface area contributed by atoms with E-state index >= 15 is 0 Å². The van der Waals surface area contributed by atoms with Gasteiger partial charge in [-0.15, -0.1) is 0 Å². The Morgan fingerprint density at radius 1 is 0.571 bits per heavy atom. The van der Waals surface area contributed by atoms with Gasteiger partial charge in [0.2, 0.25) is 0 Å². The van der Waals surface area contributed by atoms with Crippen LogP contribution >= 0.6 is 31.9 Å². The van der Waals surface area contributed by atoms with Gasteiger partial charge in [0, 0.05) is 8.95 Å². The molecular formula is C35H36Br2O5. The zero-order valence-corrected chi connectivity index (χ0v) is 26.8. The number of rotatable bonds is 13. The molecule has 0 aromatic heterocycles. The van der Waals surface area contributed by atoms with E-state index in [1.165, 1.54) is 0 Å². The summed E-state index contributed by atoms with van der Waals surface area (Å²) < 4.78 is 34.7. The molecule has 5 rings (SSSR count). The van der Waals surface area contributed by atoms with E-state index in [1.807, 2.05) is 73.7 Å². The van der Waals surface area contributed by atoms with Crippen LogP contribution in [0.4, 0.5) is 0 Å². The van der Waals surface area contributed by atoms with E-state index in [-0.39, 0.29) is 24.4 Å². The molecule has 4 aromatic rings. The largest absolute Gasteiger partial charge is 0.374 e. The average molecular weight is 696 g/mol. The molecule has 1 heterocycles. The van der Waals surface area contributed by atoms with Crippen LogP contribution in [0.3, 0.4) is 0 Å². The number of halogens is 2. The smallest absolute Gasteiger partial charge is 0.115 e. The van der Waals surface area contributed by atoms with Crippen molar-refractivity contribution in [3.05, 3.63) is 140 Å². The third-order valence-electron chi connectivity index (χ3n) is 7.29. The maximum absolute atomic E-state index is 6.68. The standard InChI is InChI=1S/C35H36Br2O5/c1-25-33(41-23-29-14-8-9-15-31(29)37)35(40-22-27-12-6-3-7-13-27)34(39-21-26-10-4-2-5-11-26)32(42-25)24-38-20-28-16-18-30(36)19-17-28/h2-19,25,32-35H,20-24H2,1H3/t25-,32+,33?,34-,35-/m0/s1. The van der Waals surface area contributed by atoms with E-state index in [2.05, 4.69) is 74.3 Å². The molecule has 1 unspecified atom stereocenters. The molecule has 220 valence electrons. The molecule has 1 saturated heterocycles. The minimum Gasteiger partial charge on any atom is -0.374 e. The second kappa shape index (κ2) is 15.9. The molecule has 0 bridgehead atoms. The highest BCUT2D eigenvalue weighted by molar-refractivity contribution is 9.10. The van der Waals surface area contributed by atoms with Crippen molar-refractivity contribution in [2.75, 3.05) is 6.61 Å². The molecule has 0 N–H and O–H groups in total. The Morgan fingerprint density at radius 2 is 1.12 bits per heavy atom. The van der Waals surface area contributed by atoms with E-state index in [9.17, 15) is 0 Å². The zero-order chi connectivity index (χ0) is 29.1. The lowest BCUT2D eigenvalue weighted by molar-refractivity contribution is -0.269. The number of ether oxygens (including phenoxy) is 5. The second-order valence-electron chi connectivity index (χ2n) is 10.4. The highest BCUT2D eigenvalue weighted by Crippen LogP contribution is 2.31. The van der Waals surface area contributed by atoms with Gasteiger partial charge in [-0.25, -0.2) is 0 Å². The van der Waals surface area contributed by atoms with E-state index in [0.717, 1.165) is 31.2 Å². The summed E-state index contributed by atoms with van der Waals surface area (Å²) >= 11 is 7.15. The van der Waals surface area contributed by atoms with Gasteiger partial charge in [0.05, 0.1) is 39.1 Å². The molecule has 0 radical (unpaired) electrons. The lowest BCUT2D eigenvalue weighted by Gasteiger charge is -2.45. The second-order valence-corrected chi connectivity index (χ2v) is 12.2. The first-order chi connectivity index (χ1) is 20.6. The maximum atomic E-state index is 6.68. The Kier molecular flexibility index (Phi) is 11.8. The predicted octanol–water partition coefficient (Wildman–Crippen LogP) is 8.27. The monoisotopic (exact) mass is 694 g/mol. The molecule has 5 atom stereocenters. The highest BCUT2D eigenvalue weighted by atomic mass is 79.9. The quantitative estimate of drug-likeness (QED) is 0.141. The van der Waals surface area contributed by atoms with Crippen LogP contribution in [0.5, 0.6) is 0 Å². The molecule has 4 aromatic carbocycles. The van der Waals surface area contributed by atoms with Crippen LogP contribution in [0.25, 0.3) is 0 Å². The van der Waals surface area contributed by atoms with Gasteiger partial charge in [0.15, 0.2) is 0 Å². The van der Waals surface area contributed by atoms with Crippen LogP contribution in [-0.2, 0) is 50.1 Å². The molecule has 0 saturated carbocycles. The van der Waals surface area contributed by atoms with Crippen molar-refractivity contribution in [2.45, 2.75) is 63.9 Å². The summed E-state index contributed by atoms with van der Waals surface area (Å²) in [4.78, 5) is 0. The fourth-order valence-corrected chi connectivity index (χ4v) is 5.72. The lowest BCUT2D eigenvalue weighted by Crippen LogP contribution is -2.60. The van der Waals surface area contributed by atoms with Gasteiger partial charge in [0.1, 0.15) is 24.4 Å². The predicted molar refractivity (Wildman–Crippen MR) is 171 cm³/mol. The first kappa shape index (κ1) is 31.1. The van der Waals surface area contributed by atoms with E-state index in [1.54, 1.807) is 0 Å². The molecule has 7 heteroatoms. The minimum atomic E-state index is -0.417. The summed E-state index contributed by atoms with van der Waals surface area (Å²) in [6.45, 7) is 4.16. The molecule has 1 aliphatic rings. The van der Waals surface area contributed by atoms with Gasteiger partial charge in [-0.2, -0.15) is 0 Å². The van der Waals surface area contributed by atoms with Crippen molar-refractivity contribution < 1.29 is 23.7 Å². The molecule has 0 amide bonds. The van der Waals surface area contributed by atoms with E-state index < -0.39 is 6.10 Å². The normalized spacial score (nSPS) is 22.2. The first-order valence-corrected chi connectivity index (χ1v) is 15.8. The maximum Gasteiger partial charge on any atom is 0.115 e. The number of hydrogen-bond acceptors (Lipinski definition) is 5. The van der Waals surface area contributed by atoms with Gasteiger partial charge in [-0.1, -0.05) is 123 Å². The minimum absolute atomic E-state index is 0.244. The summed E-state index contributed by atoms with van der Waals surface area (Å²) in [5.41, 5.74) is 4.33. The summed E-state index contributed by atoms with van der Waals surface area (Å²) in [6, 6.07) is 36.6. The zero-order valence-electron chi connectivity index (χ0n) is 23.6. The van der Waals surface area contributed by atoms with Gasteiger partial charge in [-0.3, -0.25) is 0 Å². The Bertz CT molecular complexity index is 1350. The highest BCUT2D eigenvalue weighted by Gasteiger charge is 2.46. The summed E-state index contributed by atoms with van der Waals surface area (Å²) in [5, 5.41) is 0. The Balaban J connectivity index is 1.37. The molecular weight excluding hydrogens is 660 g/mol. The number of hydrogen-bond donors (Lipinski definition) is 0. The van der Waals surface area contributed by atoms with E-state index in [0.29, 0.717) is 33.0 Å². The average Bonchev–Trinajstić information content (AvgIpc) is 3.02. The topological polar surface area (TPSA) is 46.2 Å². The molecule has 1 fully saturated rings. The third kappa shape index (κ3) is 8.83. The summed E-state index contributed by atoms with van der Waals surface area (Å²) in [7, 11) is 0. The third-order valence-corrected chi connectivity index (χ3v) is 8.59. The van der Waals surface area contributed by atoms with Gasteiger partial charge < -0.3 is 23.7 Å². The van der Waals surface area contributed by atoms with Crippen molar-refractivity contribution >= 4 is 31.9 Å². The SMILES string of the molecule is C[C@@H]1O[C@H](COCc2ccc(Br)cc2)[C@H](OCc2ccccc2)[C@@H](OCc2ccccc2)C1OCc1ccccc1Br. The van der Waals surface area contributed by atoms with Crippen molar-refractivity contribution in [1.29, 1.82) is 0 Å². The van der Waals surface area contributed by atoms with Crippen molar-refractivity contribution in [2.24, 2.45) is 0 Å². The Labute approximate surface area is 265 Å². The van der Waals surface area contributed by atoms with Crippen molar-refractivity contribution in [1.82, 2.24) is 0 Å². The molecule has 1 aliphatic heterocycles. The Hall–Kier alpha value is -2.36. The van der Waals surface area contributed by atoms with Crippen LogP contribution in [0.1, 0.15) is 29.2 Å². The van der Waals surface area contributed by atoms with Crippen LogP contribution in [0.2, 0.25) is 0 Å². The van der Waals surface area contributed by atoms with E-state index in [4.69, 9.17) is 23.7 Å². The van der Waals surface area contributed by atoms with Gasteiger partial charge in [0.25, 0.3) is 0 Å². The fraction of sp³-hybridized carbons (Fsp3) is 0.314. The first-order valence-electron chi connectivity index (χ1n) is 14.2. The van der Waals surface area contributed by atoms with Crippen LogP contribution in [0, 0.1) is 0 Å². The molecule has 42 heavy (non-hydrogen) atoms.